The number of hydrogen-bond donors (Lipinski definition) is 1. The summed E-state index contributed by atoms with van der Waals surface area (Å²) in [5.74, 6) is 1.00. The highest BCUT2D eigenvalue weighted by molar-refractivity contribution is 14.0. The molecule has 0 aromatic heterocycles. The lowest BCUT2D eigenvalue weighted by Gasteiger charge is -2.31. The van der Waals surface area contributed by atoms with Gasteiger partial charge in [0.05, 0.1) is 0 Å². The van der Waals surface area contributed by atoms with Gasteiger partial charge in [0.2, 0.25) is 0 Å². The molecule has 1 heterocycles. The van der Waals surface area contributed by atoms with Crippen molar-refractivity contribution >= 4 is 29.9 Å². The number of unbranched alkanes of at least 4 members (excludes halogenated alkanes) is 1. The second-order valence-electron chi connectivity index (χ2n) is 5.73. The highest BCUT2D eigenvalue weighted by atomic mass is 127. The van der Waals surface area contributed by atoms with Crippen LogP contribution in [0.4, 0.5) is 0 Å². The first-order chi connectivity index (χ1) is 10.8. The molecular formula is C18H30IN3O. The van der Waals surface area contributed by atoms with Crippen molar-refractivity contribution in [2.24, 2.45) is 4.99 Å². The van der Waals surface area contributed by atoms with E-state index in [-0.39, 0.29) is 24.0 Å². The number of ether oxygens (including phenoxy) is 1. The maximum atomic E-state index is 5.59. The van der Waals surface area contributed by atoms with Crippen molar-refractivity contribution in [1.82, 2.24) is 10.2 Å². The number of rotatable bonds is 7. The average Bonchev–Trinajstić information content (AvgIpc) is 2.57. The van der Waals surface area contributed by atoms with Crippen LogP contribution in [0.15, 0.2) is 29.3 Å². The van der Waals surface area contributed by atoms with Crippen LogP contribution in [0.2, 0.25) is 0 Å². The van der Waals surface area contributed by atoms with Crippen LogP contribution in [0.1, 0.15) is 37.3 Å². The number of nitrogens with one attached hydrogen (secondary N) is 1. The van der Waals surface area contributed by atoms with Gasteiger partial charge in [0, 0.05) is 39.9 Å². The molecule has 0 spiro atoms. The molecule has 0 fully saturated rings. The SMILES string of the molecule is CCCCOCCCNC(=NC)N1CCc2ccccc2C1.I. The quantitative estimate of drug-likeness (QED) is 0.311. The molecular weight excluding hydrogens is 401 g/mol. The molecule has 0 bridgehead atoms. The molecule has 130 valence electrons. The van der Waals surface area contributed by atoms with E-state index in [1.54, 1.807) is 0 Å². The minimum atomic E-state index is 0. The molecule has 0 unspecified atom stereocenters. The van der Waals surface area contributed by atoms with Gasteiger partial charge in [-0.15, -0.1) is 24.0 Å². The Bertz CT molecular complexity index is 479. The van der Waals surface area contributed by atoms with Crippen LogP contribution in [0.3, 0.4) is 0 Å². The van der Waals surface area contributed by atoms with Crippen molar-refractivity contribution in [2.75, 3.05) is 33.4 Å². The van der Waals surface area contributed by atoms with Crippen LogP contribution in [0.5, 0.6) is 0 Å². The second-order valence-corrected chi connectivity index (χ2v) is 5.73. The summed E-state index contributed by atoms with van der Waals surface area (Å²) in [4.78, 5) is 6.76. The molecule has 2 rings (SSSR count). The van der Waals surface area contributed by atoms with Crippen molar-refractivity contribution in [2.45, 2.75) is 39.2 Å². The predicted octanol–water partition coefficient (Wildman–Crippen LogP) is 3.44. The van der Waals surface area contributed by atoms with Gasteiger partial charge in [-0.05, 0) is 30.4 Å². The van der Waals surface area contributed by atoms with Crippen molar-refractivity contribution < 1.29 is 4.74 Å². The summed E-state index contributed by atoms with van der Waals surface area (Å²) < 4.78 is 5.59. The van der Waals surface area contributed by atoms with Crippen LogP contribution in [-0.4, -0.2) is 44.2 Å². The van der Waals surface area contributed by atoms with E-state index in [4.69, 9.17) is 4.74 Å². The van der Waals surface area contributed by atoms with Crippen LogP contribution in [-0.2, 0) is 17.7 Å². The average molecular weight is 431 g/mol. The molecule has 0 saturated heterocycles. The molecule has 5 heteroatoms. The molecule has 0 atom stereocenters. The summed E-state index contributed by atoms with van der Waals surface area (Å²) in [6.07, 6.45) is 4.47. The van der Waals surface area contributed by atoms with Crippen LogP contribution >= 0.6 is 24.0 Å². The maximum absolute atomic E-state index is 5.59. The molecule has 0 saturated carbocycles. The second kappa shape index (κ2) is 11.7. The van der Waals surface area contributed by atoms with E-state index >= 15 is 0 Å². The van der Waals surface area contributed by atoms with E-state index in [0.29, 0.717) is 0 Å². The number of fused-ring (bicyclic) bond motifs is 1. The summed E-state index contributed by atoms with van der Waals surface area (Å²) in [5.41, 5.74) is 2.89. The molecule has 1 aliphatic heterocycles. The number of benzene rings is 1. The number of hydrogen-bond acceptors (Lipinski definition) is 2. The van der Waals surface area contributed by atoms with Crippen LogP contribution < -0.4 is 5.32 Å². The Morgan fingerprint density at radius 1 is 1.22 bits per heavy atom. The van der Waals surface area contributed by atoms with E-state index in [1.807, 2.05) is 7.05 Å². The number of nitrogens with zero attached hydrogens (tertiary/aromatic N) is 2. The van der Waals surface area contributed by atoms with Crippen LogP contribution in [0.25, 0.3) is 0 Å². The first kappa shape index (κ1) is 20.2. The Kier molecular flexibility index (Phi) is 10.3. The molecule has 23 heavy (non-hydrogen) atoms. The minimum Gasteiger partial charge on any atom is -0.381 e. The molecule has 0 radical (unpaired) electrons. The van der Waals surface area contributed by atoms with Gasteiger partial charge in [-0.3, -0.25) is 4.99 Å². The summed E-state index contributed by atoms with van der Waals surface area (Å²) in [7, 11) is 1.86. The lowest BCUT2D eigenvalue weighted by Crippen LogP contribution is -2.44. The molecule has 1 aliphatic rings. The fourth-order valence-electron chi connectivity index (χ4n) is 2.73. The summed E-state index contributed by atoms with van der Waals surface area (Å²) in [6, 6.07) is 8.69. The Labute approximate surface area is 157 Å². The molecule has 4 nitrogen and oxygen atoms in total. The first-order valence-corrected chi connectivity index (χ1v) is 8.45. The van der Waals surface area contributed by atoms with Gasteiger partial charge in [-0.1, -0.05) is 37.6 Å². The van der Waals surface area contributed by atoms with Gasteiger partial charge < -0.3 is 15.0 Å². The van der Waals surface area contributed by atoms with Crippen molar-refractivity contribution in [3.8, 4) is 0 Å². The van der Waals surface area contributed by atoms with E-state index in [9.17, 15) is 0 Å². The fraction of sp³-hybridized carbons (Fsp3) is 0.611. The van der Waals surface area contributed by atoms with E-state index in [2.05, 4.69) is 46.4 Å². The largest absolute Gasteiger partial charge is 0.381 e. The normalized spacial score (nSPS) is 14.2. The number of guanidine groups is 1. The number of halogens is 1. The Balaban J connectivity index is 0.00000264. The smallest absolute Gasteiger partial charge is 0.193 e. The summed E-state index contributed by atoms with van der Waals surface area (Å²) >= 11 is 0. The van der Waals surface area contributed by atoms with Crippen molar-refractivity contribution in [3.05, 3.63) is 35.4 Å². The molecule has 0 amide bonds. The third-order valence-electron chi connectivity index (χ3n) is 4.03. The van der Waals surface area contributed by atoms with E-state index < -0.39 is 0 Å². The van der Waals surface area contributed by atoms with Gasteiger partial charge in [0.15, 0.2) is 5.96 Å². The summed E-state index contributed by atoms with van der Waals surface area (Å²) in [6.45, 7) is 6.79. The molecule has 1 N–H and O–H groups in total. The van der Waals surface area contributed by atoms with Gasteiger partial charge in [0.1, 0.15) is 0 Å². The highest BCUT2D eigenvalue weighted by Gasteiger charge is 2.18. The van der Waals surface area contributed by atoms with Crippen molar-refractivity contribution in [1.29, 1.82) is 0 Å². The predicted molar refractivity (Wildman–Crippen MR) is 108 cm³/mol. The van der Waals surface area contributed by atoms with E-state index in [0.717, 1.165) is 58.1 Å². The van der Waals surface area contributed by atoms with Crippen molar-refractivity contribution in [3.63, 3.8) is 0 Å². The highest BCUT2D eigenvalue weighted by Crippen LogP contribution is 2.18. The van der Waals surface area contributed by atoms with Gasteiger partial charge in [-0.2, -0.15) is 0 Å². The number of aliphatic imine (C=N–C) groups is 1. The fourth-order valence-corrected chi connectivity index (χ4v) is 2.73. The third kappa shape index (κ3) is 6.67. The third-order valence-corrected chi connectivity index (χ3v) is 4.03. The summed E-state index contributed by atoms with van der Waals surface area (Å²) in [5, 5.41) is 3.46. The lowest BCUT2D eigenvalue weighted by molar-refractivity contribution is 0.129. The zero-order chi connectivity index (χ0) is 15.6. The first-order valence-electron chi connectivity index (χ1n) is 8.45. The zero-order valence-electron chi connectivity index (χ0n) is 14.4. The lowest BCUT2D eigenvalue weighted by atomic mass is 10.0. The van der Waals surface area contributed by atoms with E-state index in [1.165, 1.54) is 17.5 Å². The van der Waals surface area contributed by atoms with Crippen LogP contribution in [0, 0.1) is 0 Å². The monoisotopic (exact) mass is 431 g/mol. The molecule has 0 aliphatic carbocycles. The maximum Gasteiger partial charge on any atom is 0.193 e. The standard InChI is InChI=1S/C18H29N3O.HI/c1-3-4-13-22-14-7-11-20-18(19-2)21-12-10-16-8-5-6-9-17(16)15-21;/h5-6,8-9H,3-4,7,10-15H2,1-2H3,(H,19,20);1H. The van der Waals surface area contributed by atoms with Gasteiger partial charge >= 0.3 is 0 Å². The van der Waals surface area contributed by atoms with Gasteiger partial charge in [-0.25, -0.2) is 0 Å². The topological polar surface area (TPSA) is 36.9 Å². The molecule has 1 aromatic rings. The zero-order valence-corrected chi connectivity index (χ0v) is 16.7. The Morgan fingerprint density at radius 2 is 1.96 bits per heavy atom. The minimum absolute atomic E-state index is 0. The molecule has 1 aromatic carbocycles. The Morgan fingerprint density at radius 3 is 2.70 bits per heavy atom. The Hall–Kier alpha value is -0.820. The van der Waals surface area contributed by atoms with Gasteiger partial charge in [0.25, 0.3) is 0 Å².